The minimum Gasteiger partial charge on any atom is -0.495 e. The van der Waals surface area contributed by atoms with Crippen molar-refractivity contribution in [2.75, 3.05) is 19.0 Å². The highest BCUT2D eigenvalue weighted by molar-refractivity contribution is 7.22. The number of amides is 1. The number of esters is 1. The van der Waals surface area contributed by atoms with Gasteiger partial charge in [-0.2, -0.15) is 0 Å². The van der Waals surface area contributed by atoms with Gasteiger partial charge in [0, 0.05) is 17.1 Å². The van der Waals surface area contributed by atoms with Gasteiger partial charge in [0.15, 0.2) is 6.61 Å². The molecule has 1 N–H and O–H groups in total. The molecular formula is C18H11Cl3N2O6S. The molecule has 0 saturated carbocycles. The zero-order chi connectivity index (χ0) is 22.0. The number of thiophene rings is 1. The lowest BCUT2D eigenvalue weighted by Gasteiger charge is -2.06. The highest BCUT2D eigenvalue weighted by Gasteiger charge is 2.22. The van der Waals surface area contributed by atoms with E-state index in [1.807, 2.05) is 0 Å². The molecule has 0 saturated heterocycles. The first kappa shape index (κ1) is 22.1. The fourth-order valence-electron chi connectivity index (χ4n) is 2.49. The molecule has 0 spiro atoms. The topological polar surface area (TPSA) is 108 Å². The number of nitro groups is 1. The zero-order valence-electron chi connectivity index (χ0n) is 15.0. The van der Waals surface area contributed by atoms with Crippen LogP contribution in [0.2, 0.25) is 15.1 Å². The predicted octanol–water partition coefficient (Wildman–Crippen LogP) is 5.57. The maximum absolute atomic E-state index is 12.4. The Kier molecular flexibility index (Phi) is 6.67. The molecule has 3 aromatic rings. The molecule has 0 aliphatic heterocycles. The fourth-order valence-corrected chi connectivity index (χ4v) is 4.46. The molecule has 12 heteroatoms. The van der Waals surface area contributed by atoms with Crippen molar-refractivity contribution in [1.29, 1.82) is 0 Å². The molecule has 0 unspecified atom stereocenters. The maximum atomic E-state index is 12.4. The van der Waals surface area contributed by atoms with Crippen LogP contribution in [-0.2, 0) is 9.53 Å². The second kappa shape index (κ2) is 9.05. The van der Waals surface area contributed by atoms with Crippen LogP contribution in [-0.4, -0.2) is 30.5 Å². The third-order valence-corrected chi connectivity index (χ3v) is 6.38. The molecule has 3 rings (SSSR count). The summed E-state index contributed by atoms with van der Waals surface area (Å²) in [5.41, 5.74) is -0.234. The van der Waals surface area contributed by atoms with Gasteiger partial charge in [0.25, 0.3) is 11.6 Å². The van der Waals surface area contributed by atoms with Crippen molar-refractivity contribution < 1.29 is 24.0 Å². The molecule has 2 aromatic carbocycles. The third-order valence-electron chi connectivity index (χ3n) is 3.87. The molecule has 1 aromatic heterocycles. The molecule has 0 atom stereocenters. The van der Waals surface area contributed by atoms with Gasteiger partial charge in [0.2, 0.25) is 0 Å². The number of methoxy groups -OCH3 is 1. The number of carbonyl (C=O) groups is 2. The fraction of sp³-hybridized carbons (Fsp3) is 0.111. The number of nitro benzene ring substituents is 1. The number of rotatable bonds is 6. The van der Waals surface area contributed by atoms with Gasteiger partial charge in [-0.15, -0.1) is 11.3 Å². The van der Waals surface area contributed by atoms with Crippen LogP contribution in [0.3, 0.4) is 0 Å². The molecular weight excluding hydrogens is 479 g/mol. The monoisotopic (exact) mass is 488 g/mol. The van der Waals surface area contributed by atoms with Crippen molar-refractivity contribution >= 4 is 79.5 Å². The second-order valence-electron chi connectivity index (χ2n) is 5.75. The average molecular weight is 490 g/mol. The van der Waals surface area contributed by atoms with Crippen molar-refractivity contribution in [1.82, 2.24) is 0 Å². The summed E-state index contributed by atoms with van der Waals surface area (Å²) in [5.74, 6) is -1.08. The number of halogens is 3. The summed E-state index contributed by atoms with van der Waals surface area (Å²) in [7, 11) is 1.46. The summed E-state index contributed by atoms with van der Waals surface area (Å²) in [6.07, 6.45) is 0. The van der Waals surface area contributed by atoms with Gasteiger partial charge in [-0.05, 0) is 24.3 Å². The minimum absolute atomic E-state index is 0.0703. The van der Waals surface area contributed by atoms with Crippen LogP contribution in [0.4, 0.5) is 11.4 Å². The van der Waals surface area contributed by atoms with Crippen LogP contribution in [0.15, 0.2) is 30.3 Å². The van der Waals surface area contributed by atoms with E-state index in [-0.39, 0.29) is 26.3 Å². The lowest BCUT2D eigenvalue weighted by Crippen LogP contribution is -2.20. The van der Waals surface area contributed by atoms with Crippen LogP contribution >= 0.6 is 46.1 Å². The minimum atomic E-state index is -0.812. The van der Waals surface area contributed by atoms with Crippen molar-refractivity contribution in [2.45, 2.75) is 0 Å². The zero-order valence-corrected chi connectivity index (χ0v) is 18.1. The number of anilines is 1. The largest absolute Gasteiger partial charge is 0.495 e. The Hall–Kier alpha value is -2.59. The highest BCUT2D eigenvalue weighted by Crippen LogP contribution is 2.43. The van der Waals surface area contributed by atoms with E-state index in [1.54, 1.807) is 12.1 Å². The molecule has 1 amide bonds. The van der Waals surface area contributed by atoms with Crippen molar-refractivity contribution in [2.24, 2.45) is 0 Å². The average Bonchev–Trinajstić information content (AvgIpc) is 3.05. The van der Waals surface area contributed by atoms with Crippen molar-refractivity contribution in [3.8, 4) is 5.75 Å². The normalized spacial score (nSPS) is 10.7. The molecule has 0 bridgehead atoms. The van der Waals surface area contributed by atoms with Crippen LogP contribution in [0.25, 0.3) is 10.1 Å². The maximum Gasteiger partial charge on any atom is 0.350 e. The van der Waals surface area contributed by atoms with Gasteiger partial charge >= 0.3 is 5.97 Å². The highest BCUT2D eigenvalue weighted by atomic mass is 35.5. The van der Waals surface area contributed by atoms with Crippen LogP contribution in [0.1, 0.15) is 9.67 Å². The van der Waals surface area contributed by atoms with Gasteiger partial charge in [-0.25, -0.2) is 4.79 Å². The first-order valence-electron chi connectivity index (χ1n) is 8.08. The Labute approximate surface area is 188 Å². The molecule has 30 heavy (non-hydrogen) atoms. The van der Waals surface area contributed by atoms with E-state index in [9.17, 15) is 19.7 Å². The van der Waals surface area contributed by atoms with E-state index in [0.717, 1.165) is 17.4 Å². The second-order valence-corrected chi connectivity index (χ2v) is 7.94. The molecule has 0 aliphatic carbocycles. The van der Waals surface area contributed by atoms with Gasteiger partial charge in [-0.3, -0.25) is 14.9 Å². The Morgan fingerprint density at radius 1 is 1.17 bits per heavy atom. The van der Waals surface area contributed by atoms with Crippen LogP contribution in [0.5, 0.6) is 5.75 Å². The Bertz CT molecular complexity index is 1180. The van der Waals surface area contributed by atoms with E-state index < -0.39 is 23.4 Å². The van der Waals surface area contributed by atoms with E-state index >= 15 is 0 Å². The number of hydrogen-bond donors (Lipinski definition) is 1. The summed E-state index contributed by atoms with van der Waals surface area (Å²) >= 11 is 19.2. The lowest BCUT2D eigenvalue weighted by molar-refractivity contribution is -0.384. The van der Waals surface area contributed by atoms with Gasteiger partial charge in [-0.1, -0.05) is 34.8 Å². The first-order chi connectivity index (χ1) is 14.2. The number of nitrogens with one attached hydrogen (secondary N) is 1. The summed E-state index contributed by atoms with van der Waals surface area (Å²) in [6.45, 7) is -0.628. The Morgan fingerprint density at radius 2 is 1.90 bits per heavy atom. The summed E-state index contributed by atoms with van der Waals surface area (Å²) in [6, 6.07) is 7.04. The van der Waals surface area contributed by atoms with Crippen LogP contribution in [0, 0.1) is 10.1 Å². The molecule has 156 valence electrons. The Morgan fingerprint density at radius 3 is 2.57 bits per heavy atom. The first-order valence-corrected chi connectivity index (χ1v) is 10.0. The molecule has 8 nitrogen and oxygen atoms in total. The van der Waals surface area contributed by atoms with E-state index in [2.05, 4.69) is 5.32 Å². The van der Waals surface area contributed by atoms with Gasteiger partial charge in [0.05, 0.1) is 21.8 Å². The lowest BCUT2D eigenvalue weighted by atomic mass is 10.2. The summed E-state index contributed by atoms with van der Waals surface area (Å²) in [4.78, 5) is 34.8. The smallest absolute Gasteiger partial charge is 0.350 e. The molecule has 1 heterocycles. The van der Waals surface area contributed by atoms with Crippen molar-refractivity contribution in [3.63, 3.8) is 0 Å². The summed E-state index contributed by atoms with van der Waals surface area (Å²) < 4.78 is 10.7. The van der Waals surface area contributed by atoms with E-state index in [4.69, 9.17) is 44.3 Å². The standard InChI is InChI=1S/C18H11Cl3N2O6S/c1-28-12-5-3-9-14(20)17(30-16(9)15(12)21)18(25)29-7-13(24)22-8-2-4-10(19)11(6-8)23(26)27/h2-6H,7H2,1H3,(H,22,24). The van der Waals surface area contributed by atoms with E-state index in [1.165, 1.54) is 19.2 Å². The quantitative estimate of drug-likeness (QED) is 0.275. The number of carbonyl (C=O) groups excluding carboxylic acids is 2. The molecule has 0 radical (unpaired) electrons. The number of nitrogens with zero attached hydrogens (tertiary/aromatic N) is 1. The van der Waals surface area contributed by atoms with E-state index in [0.29, 0.717) is 20.9 Å². The summed E-state index contributed by atoms with van der Waals surface area (Å²) in [5, 5.41) is 14.2. The Balaban J connectivity index is 1.70. The van der Waals surface area contributed by atoms with Crippen LogP contribution < -0.4 is 10.1 Å². The number of benzene rings is 2. The number of hydrogen-bond acceptors (Lipinski definition) is 7. The molecule has 0 fully saturated rings. The van der Waals surface area contributed by atoms with Gasteiger partial charge < -0.3 is 14.8 Å². The van der Waals surface area contributed by atoms with Gasteiger partial charge in [0.1, 0.15) is 20.7 Å². The third kappa shape index (κ3) is 4.44. The molecule has 0 aliphatic rings. The SMILES string of the molecule is COc1ccc2c(Cl)c(C(=O)OCC(=O)Nc3ccc(Cl)c([N+](=O)[O-])c3)sc2c1Cl. The number of ether oxygens (including phenoxy) is 2. The number of fused-ring (bicyclic) bond motifs is 1. The van der Waals surface area contributed by atoms with Crippen molar-refractivity contribution in [3.05, 3.63) is 60.4 Å². The predicted molar refractivity (Wildman–Crippen MR) is 115 cm³/mol.